The molecule has 0 atom stereocenters. The molecule has 0 aliphatic heterocycles. The molecule has 66 heavy (non-hydrogen) atoms. The molecule has 11 aromatic rings. The fourth-order valence-electron chi connectivity index (χ4n) is 9.66. The summed E-state index contributed by atoms with van der Waals surface area (Å²) in [5, 5.41) is 7.50. The van der Waals surface area contributed by atoms with Crippen molar-refractivity contribution in [2.75, 3.05) is 0 Å². The van der Waals surface area contributed by atoms with Gasteiger partial charge < -0.3 is 4.57 Å². The van der Waals surface area contributed by atoms with Crippen molar-refractivity contribution < 1.29 is 0 Å². The summed E-state index contributed by atoms with van der Waals surface area (Å²) in [6, 6.07) is 85.9. The molecule has 0 radical (unpaired) electrons. The second kappa shape index (κ2) is 16.9. The summed E-state index contributed by atoms with van der Waals surface area (Å²) >= 11 is 0. The molecule has 0 fully saturated rings. The average molecular weight is 865 g/mol. The summed E-state index contributed by atoms with van der Waals surface area (Å²) in [4.78, 5) is 16.1. The average Bonchev–Trinajstić information content (AvgIpc) is 3.71. The van der Waals surface area contributed by atoms with Gasteiger partial charge in [-0.25, -0.2) is 15.0 Å². The summed E-state index contributed by atoms with van der Waals surface area (Å²) in [6.07, 6.45) is 0. The number of nitrogens with zero attached hydrogens (tertiary/aromatic N) is 4. The number of rotatable bonds is 9. The van der Waals surface area contributed by atoms with Gasteiger partial charge in [0.15, 0.2) is 19.7 Å². The van der Waals surface area contributed by atoms with Gasteiger partial charge in [0.2, 0.25) is 0 Å². The van der Waals surface area contributed by atoms with Gasteiger partial charge in [0, 0.05) is 27.3 Å². The Balaban J connectivity index is 1.27. The molecule has 316 valence electrons. The number of hydrogen-bond donors (Lipinski definition) is 0. The molecule has 9 aromatic carbocycles. The molecule has 11 rings (SSSR count). The maximum absolute atomic E-state index is 5.46. The molecular formula is C61H48N4Si. The van der Waals surface area contributed by atoms with Gasteiger partial charge in [-0.3, -0.25) is 0 Å². The molecule has 0 amide bonds. The maximum Gasteiger partial charge on any atom is 0.179 e. The molecule has 0 N–H and O–H groups in total. The zero-order chi connectivity index (χ0) is 44.7. The molecule has 5 heteroatoms. The first kappa shape index (κ1) is 40.8. The summed E-state index contributed by atoms with van der Waals surface area (Å²) in [7, 11) is -2.98. The van der Waals surface area contributed by atoms with Gasteiger partial charge in [0.25, 0.3) is 0 Å². The van der Waals surface area contributed by atoms with Crippen molar-refractivity contribution in [3.05, 3.63) is 242 Å². The standard InChI is InChI=1S/C61H48N4Si/c1-61(2,3)60-63-58(45-26-14-6-15-27-45)62-59(64-60)54-42-51(66(48-28-16-7-17-29-48,49-30-18-8-19-31-49)50-32-20-9-21-33-50)36-39-57(54)65-55-37-34-46(43-22-10-4-11-23-43)40-52(55)53-41-47(35-38-56(53)65)44-24-12-5-13-25-44/h4-42H,1-3H3. The first-order chi connectivity index (χ1) is 32.4. The van der Waals surface area contributed by atoms with E-state index in [1.165, 1.54) is 53.8 Å². The lowest BCUT2D eigenvalue weighted by atomic mass is 9.95. The molecule has 2 heterocycles. The molecule has 0 aliphatic rings. The second-order valence-electron chi connectivity index (χ2n) is 18.0. The van der Waals surface area contributed by atoms with Crippen molar-refractivity contribution in [1.82, 2.24) is 19.5 Å². The van der Waals surface area contributed by atoms with Crippen molar-refractivity contribution in [1.29, 1.82) is 0 Å². The Bertz CT molecular complexity index is 3280. The number of benzene rings is 9. The normalized spacial score (nSPS) is 11.9. The third-order valence-electron chi connectivity index (χ3n) is 12.8. The lowest BCUT2D eigenvalue weighted by molar-refractivity contribution is 0.543. The highest BCUT2D eigenvalue weighted by Gasteiger charge is 2.42. The lowest BCUT2D eigenvalue weighted by Crippen LogP contribution is -2.74. The maximum atomic E-state index is 5.46. The molecule has 0 aliphatic carbocycles. The molecule has 0 saturated heterocycles. The van der Waals surface area contributed by atoms with Gasteiger partial charge in [-0.1, -0.05) is 221 Å². The third kappa shape index (κ3) is 7.24. The van der Waals surface area contributed by atoms with Crippen LogP contribution >= 0.6 is 0 Å². The van der Waals surface area contributed by atoms with Gasteiger partial charge in [0.05, 0.1) is 16.7 Å². The highest BCUT2D eigenvalue weighted by molar-refractivity contribution is 7.19. The number of hydrogen-bond acceptors (Lipinski definition) is 3. The molecule has 4 nitrogen and oxygen atoms in total. The van der Waals surface area contributed by atoms with E-state index < -0.39 is 8.07 Å². The first-order valence-corrected chi connectivity index (χ1v) is 24.7. The van der Waals surface area contributed by atoms with Gasteiger partial charge in [-0.05, 0) is 79.4 Å². The van der Waals surface area contributed by atoms with E-state index in [-0.39, 0.29) is 5.41 Å². The van der Waals surface area contributed by atoms with Crippen molar-refractivity contribution in [2.24, 2.45) is 0 Å². The van der Waals surface area contributed by atoms with E-state index >= 15 is 0 Å². The van der Waals surface area contributed by atoms with Gasteiger partial charge in [0.1, 0.15) is 5.82 Å². The minimum Gasteiger partial charge on any atom is -0.309 e. The van der Waals surface area contributed by atoms with Crippen LogP contribution in [0.15, 0.2) is 237 Å². The van der Waals surface area contributed by atoms with Crippen molar-refractivity contribution in [2.45, 2.75) is 26.2 Å². The zero-order valence-corrected chi connectivity index (χ0v) is 38.3. The Kier molecular flexibility index (Phi) is 10.4. The van der Waals surface area contributed by atoms with Crippen molar-refractivity contribution >= 4 is 50.6 Å². The van der Waals surface area contributed by atoms with E-state index in [4.69, 9.17) is 15.0 Å². The molecule has 0 bridgehead atoms. The summed E-state index contributed by atoms with van der Waals surface area (Å²) in [5.74, 6) is 2.03. The predicted octanol–water partition coefficient (Wildman–Crippen LogP) is 12.3. The Labute approximate surface area is 387 Å². The Hall–Kier alpha value is -7.99. The van der Waals surface area contributed by atoms with Crippen LogP contribution in [0.2, 0.25) is 0 Å². The molecule has 0 saturated carbocycles. The van der Waals surface area contributed by atoms with Gasteiger partial charge in [-0.15, -0.1) is 0 Å². The van der Waals surface area contributed by atoms with Crippen LogP contribution in [-0.4, -0.2) is 27.6 Å². The molecule has 0 unspecified atom stereocenters. The summed E-state index contributed by atoms with van der Waals surface area (Å²) < 4.78 is 2.44. The van der Waals surface area contributed by atoms with Crippen LogP contribution in [0.5, 0.6) is 0 Å². The first-order valence-electron chi connectivity index (χ1n) is 22.7. The van der Waals surface area contributed by atoms with Crippen LogP contribution in [0.1, 0.15) is 26.6 Å². The van der Waals surface area contributed by atoms with Gasteiger partial charge in [-0.2, -0.15) is 0 Å². The monoisotopic (exact) mass is 864 g/mol. The molecule has 2 aromatic heterocycles. The minimum atomic E-state index is -2.98. The minimum absolute atomic E-state index is 0.357. The fourth-order valence-corrected chi connectivity index (χ4v) is 14.4. The SMILES string of the molecule is CC(C)(C)c1nc(-c2ccccc2)nc(-c2cc([Si](c3ccccc3)(c3ccccc3)c3ccccc3)ccc2-n2c3ccc(-c4ccccc4)cc3c3cc(-c4ccccc4)ccc32)n1. The predicted molar refractivity (Wildman–Crippen MR) is 278 cm³/mol. The van der Waals surface area contributed by atoms with E-state index in [2.05, 4.69) is 244 Å². The molecular weight excluding hydrogens is 817 g/mol. The van der Waals surface area contributed by atoms with E-state index in [1.807, 2.05) is 18.2 Å². The lowest BCUT2D eigenvalue weighted by Gasteiger charge is -2.35. The van der Waals surface area contributed by atoms with Crippen LogP contribution < -0.4 is 20.7 Å². The number of aromatic nitrogens is 4. The van der Waals surface area contributed by atoms with E-state index in [0.29, 0.717) is 11.6 Å². The molecule has 0 spiro atoms. The van der Waals surface area contributed by atoms with Crippen LogP contribution in [-0.2, 0) is 5.41 Å². The Morgan fingerprint density at radius 2 is 0.758 bits per heavy atom. The second-order valence-corrected chi connectivity index (χ2v) is 21.8. The summed E-state index contributed by atoms with van der Waals surface area (Å²) in [6.45, 7) is 6.54. The van der Waals surface area contributed by atoms with Gasteiger partial charge >= 0.3 is 0 Å². The van der Waals surface area contributed by atoms with E-state index in [9.17, 15) is 0 Å². The zero-order valence-electron chi connectivity index (χ0n) is 37.3. The van der Waals surface area contributed by atoms with Crippen LogP contribution in [0.4, 0.5) is 0 Å². The van der Waals surface area contributed by atoms with Crippen molar-refractivity contribution in [3.8, 4) is 50.7 Å². The highest BCUT2D eigenvalue weighted by atomic mass is 28.3. The quantitative estimate of drug-likeness (QED) is 0.107. The topological polar surface area (TPSA) is 43.6 Å². The Morgan fingerprint density at radius 3 is 1.20 bits per heavy atom. The van der Waals surface area contributed by atoms with E-state index in [0.717, 1.165) is 33.7 Å². The van der Waals surface area contributed by atoms with Crippen LogP contribution in [0.3, 0.4) is 0 Å². The van der Waals surface area contributed by atoms with Crippen molar-refractivity contribution in [3.63, 3.8) is 0 Å². The number of fused-ring (bicyclic) bond motifs is 3. The Morgan fingerprint density at radius 1 is 0.348 bits per heavy atom. The van der Waals surface area contributed by atoms with Crippen LogP contribution in [0, 0.1) is 0 Å². The fraction of sp³-hybridized carbons (Fsp3) is 0.0656. The summed E-state index contributed by atoms with van der Waals surface area (Å²) in [5.41, 5.74) is 9.46. The van der Waals surface area contributed by atoms with Crippen LogP contribution in [0.25, 0.3) is 72.5 Å². The highest BCUT2D eigenvalue weighted by Crippen LogP contribution is 2.40. The van der Waals surface area contributed by atoms with E-state index in [1.54, 1.807) is 0 Å². The largest absolute Gasteiger partial charge is 0.309 e. The smallest absolute Gasteiger partial charge is 0.179 e. The third-order valence-corrected chi connectivity index (χ3v) is 17.6.